The highest BCUT2D eigenvalue weighted by Crippen LogP contribution is 2.34. The Morgan fingerprint density at radius 3 is 2.42 bits per heavy atom. The van der Waals surface area contributed by atoms with E-state index < -0.39 is 23.7 Å². The molecule has 0 spiro atoms. The normalized spacial score (nSPS) is 14.5. The first-order valence-electron chi connectivity index (χ1n) is 10.2. The molecule has 1 saturated heterocycles. The van der Waals surface area contributed by atoms with Gasteiger partial charge in [0.25, 0.3) is 5.91 Å². The summed E-state index contributed by atoms with van der Waals surface area (Å²) < 4.78 is 18.5. The number of hydrogen-bond acceptors (Lipinski definition) is 4. The first kappa shape index (κ1) is 22.3. The summed E-state index contributed by atoms with van der Waals surface area (Å²) in [6.07, 6.45) is 1.30. The summed E-state index contributed by atoms with van der Waals surface area (Å²) in [4.78, 5) is 39.1. The van der Waals surface area contributed by atoms with E-state index in [0.29, 0.717) is 30.1 Å². The van der Waals surface area contributed by atoms with Crippen LogP contribution in [-0.2, 0) is 9.59 Å². The van der Waals surface area contributed by atoms with Gasteiger partial charge in [-0.25, -0.2) is 4.39 Å². The number of anilines is 2. The van der Waals surface area contributed by atoms with E-state index in [-0.39, 0.29) is 17.4 Å². The van der Waals surface area contributed by atoms with E-state index in [4.69, 9.17) is 4.74 Å². The Balaban J connectivity index is 1.73. The number of carbonyl (C=O) groups is 3. The van der Waals surface area contributed by atoms with Crippen molar-refractivity contribution in [1.29, 1.82) is 0 Å². The maximum Gasteiger partial charge on any atom is 0.251 e. The SMILES string of the molecule is COc1cc(NC(=O)C(NC(=O)c2ccc(F)cc2)C(C)C)ccc1N1CCCC1=O. The second-order valence-electron chi connectivity index (χ2n) is 7.73. The fourth-order valence-corrected chi connectivity index (χ4v) is 3.46. The van der Waals surface area contributed by atoms with Crippen molar-refractivity contribution in [2.75, 3.05) is 23.9 Å². The zero-order valence-corrected chi connectivity index (χ0v) is 17.8. The third-order valence-corrected chi connectivity index (χ3v) is 5.15. The molecule has 0 aliphatic carbocycles. The molecule has 0 saturated carbocycles. The second kappa shape index (κ2) is 9.59. The predicted molar refractivity (Wildman–Crippen MR) is 116 cm³/mol. The van der Waals surface area contributed by atoms with Gasteiger partial charge < -0.3 is 20.3 Å². The maximum atomic E-state index is 13.1. The Morgan fingerprint density at radius 1 is 1.13 bits per heavy atom. The van der Waals surface area contributed by atoms with Gasteiger partial charge in [-0.1, -0.05) is 13.8 Å². The zero-order valence-electron chi connectivity index (χ0n) is 17.8. The van der Waals surface area contributed by atoms with Crippen LogP contribution in [0.3, 0.4) is 0 Å². The zero-order chi connectivity index (χ0) is 22.5. The Hall–Kier alpha value is -3.42. The van der Waals surface area contributed by atoms with Gasteiger partial charge in [0.05, 0.1) is 12.8 Å². The fourth-order valence-electron chi connectivity index (χ4n) is 3.46. The number of amides is 3. The Labute approximate surface area is 180 Å². The van der Waals surface area contributed by atoms with Crippen LogP contribution in [0.15, 0.2) is 42.5 Å². The van der Waals surface area contributed by atoms with E-state index in [9.17, 15) is 18.8 Å². The number of benzene rings is 2. The van der Waals surface area contributed by atoms with Crippen LogP contribution in [-0.4, -0.2) is 37.4 Å². The fraction of sp³-hybridized carbons (Fsp3) is 0.348. The lowest BCUT2D eigenvalue weighted by molar-refractivity contribution is -0.119. The van der Waals surface area contributed by atoms with Crippen molar-refractivity contribution in [3.8, 4) is 5.75 Å². The van der Waals surface area contributed by atoms with Gasteiger partial charge in [0.2, 0.25) is 11.8 Å². The highest BCUT2D eigenvalue weighted by molar-refractivity contribution is 6.02. The van der Waals surface area contributed by atoms with Crippen molar-refractivity contribution >= 4 is 29.1 Å². The van der Waals surface area contributed by atoms with Crippen LogP contribution in [0, 0.1) is 11.7 Å². The lowest BCUT2D eigenvalue weighted by Gasteiger charge is -2.23. The summed E-state index contributed by atoms with van der Waals surface area (Å²) in [6, 6.07) is 9.39. The van der Waals surface area contributed by atoms with Gasteiger partial charge in [-0.2, -0.15) is 0 Å². The smallest absolute Gasteiger partial charge is 0.251 e. The van der Waals surface area contributed by atoms with Crippen LogP contribution in [0.1, 0.15) is 37.0 Å². The van der Waals surface area contributed by atoms with Crippen molar-refractivity contribution in [3.63, 3.8) is 0 Å². The molecule has 0 radical (unpaired) electrons. The van der Waals surface area contributed by atoms with Crippen LogP contribution in [0.4, 0.5) is 15.8 Å². The number of nitrogens with zero attached hydrogens (tertiary/aromatic N) is 1. The number of ether oxygens (including phenoxy) is 1. The van der Waals surface area contributed by atoms with Crippen molar-refractivity contribution < 1.29 is 23.5 Å². The molecule has 0 bridgehead atoms. The standard InChI is InChI=1S/C23H26FN3O4/c1-14(2)21(26-22(29)15-6-8-16(24)9-7-15)23(30)25-17-10-11-18(19(13-17)31-3)27-12-4-5-20(27)28/h6-11,13-14,21H,4-5,12H2,1-3H3,(H,25,30)(H,26,29). The first-order valence-corrected chi connectivity index (χ1v) is 10.2. The molecule has 1 aliphatic rings. The number of nitrogens with one attached hydrogen (secondary N) is 2. The van der Waals surface area contributed by atoms with E-state index in [1.807, 2.05) is 13.8 Å². The maximum absolute atomic E-state index is 13.1. The molecule has 2 N–H and O–H groups in total. The van der Waals surface area contributed by atoms with Gasteiger partial charge in [0, 0.05) is 30.3 Å². The number of rotatable bonds is 7. The van der Waals surface area contributed by atoms with Crippen LogP contribution in [0.25, 0.3) is 0 Å². The molecule has 1 fully saturated rings. The molecule has 7 nitrogen and oxygen atoms in total. The Morgan fingerprint density at radius 2 is 1.84 bits per heavy atom. The minimum absolute atomic E-state index is 0.0402. The number of methoxy groups -OCH3 is 1. The van der Waals surface area contributed by atoms with Gasteiger partial charge in [0.1, 0.15) is 17.6 Å². The molecule has 8 heteroatoms. The molecule has 0 aromatic heterocycles. The quantitative estimate of drug-likeness (QED) is 0.709. The molecule has 2 aromatic carbocycles. The molecular formula is C23H26FN3O4. The van der Waals surface area contributed by atoms with Crippen LogP contribution >= 0.6 is 0 Å². The molecule has 1 aliphatic heterocycles. The second-order valence-corrected chi connectivity index (χ2v) is 7.73. The van der Waals surface area contributed by atoms with Crippen LogP contribution in [0.5, 0.6) is 5.75 Å². The molecule has 3 rings (SSSR count). The van der Waals surface area contributed by atoms with Crippen LogP contribution in [0.2, 0.25) is 0 Å². The van der Waals surface area contributed by atoms with E-state index in [2.05, 4.69) is 10.6 Å². The molecule has 1 atom stereocenters. The van der Waals surface area contributed by atoms with Crippen molar-refractivity contribution in [2.45, 2.75) is 32.7 Å². The first-order chi connectivity index (χ1) is 14.8. The minimum atomic E-state index is -0.802. The van der Waals surface area contributed by atoms with E-state index in [1.54, 1.807) is 23.1 Å². The largest absolute Gasteiger partial charge is 0.494 e. The molecule has 1 unspecified atom stereocenters. The third kappa shape index (κ3) is 5.20. The van der Waals surface area contributed by atoms with E-state index >= 15 is 0 Å². The number of halogens is 1. The summed E-state index contributed by atoms with van der Waals surface area (Å²) >= 11 is 0. The summed E-state index contributed by atoms with van der Waals surface area (Å²) in [5, 5.41) is 5.50. The molecule has 1 heterocycles. The number of carbonyl (C=O) groups excluding carboxylic acids is 3. The molecule has 31 heavy (non-hydrogen) atoms. The van der Waals surface area contributed by atoms with Crippen molar-refractivity contribution in [1.82, 2.24) is 5.32 Å². The third-order valence-electron chi connectivity index (χ3n) is 5.15. The highest BCUT2D eigenvalue weighted by atomic mass is 19.1. The van der Waals surface area contributed by atoms with Gasteiger partial charge in [-0.05, 0) is 48.7 Å². The van der Waals surface area contributed by atoms with Crippen LogP contribution < -0.4 is 20.3 Å². The van der Waals surface area contributed by atoms with Gasteiger partial charge in [-0.3, -0.25) is 14.4 Å². The van der Waals surface area contributed by atoms with Gasteiger partial charge in [-0.15, -0.1) is 0 Å². The average Bonchev–Trinajstić information content (AvgIpc) is 3.17. The highest BCUT2D eigenvalue weighted by Gasteiger charge is 2.27. The van der Waals surface area contributed by atoms with E-state index in [0.717, 1.165) is 6.42 Å². The Bertz CT molecular complexity index is 975. The summed E-state index contributed by atoms with van der Waals surface area (Å²) in [7, 11) is 1.50. The van der Waals surface area contributed by atoms with Crippen molar-refractivity contribution in [3.05, 3.63) is 53.8 Å². The van der Waals surface area contributed by atoms with Gasteiger partial charge in [0.15, 0.2) is 0 Å². The monoisotopic (exact) mass is 427 g/mol. The lowest BCUT2D eigenvalue weighted by Crippen LogP contribution is -2.47. The topological polar surface area (TPSA) is 87.7 Å². The lowest BCUT2D eigenvalue weighted by atomic mass is 10.0. The van der Waals surface area contributed by atoms with Crippen molar-refractivity contribution in [2.24, 2.45) is 5.92 Å². The predicted octanol–water partition coefficient (Wildman–Crippen LogP) is 3.35. The van der Waals surface area contributed by atoms with E-state index in [1.165, 1.54) is 31.4 Å². The summed E-state index contributed by atoms with van der Waals surface area (Å²) in [6.45, 7) is 4.27. The molecular weight excluding hydrogens is 401 g/mol. The molecule has 164 valence electrons. The van der Waals surface area contributed by atoms with Gasteiger partial charge >= 0.3 is 0 Å². The summed E-state index contributed by atoms with van der Waals surface area (Å²) in [5.74, 6) is -0.967. The average molecular weight is 427 g/mol. The molecule has 2 aromatic rings. The minimum Gasteiger partial charge on any atom is -0.494 e. The molecule has 3 amide bonds. The number of hydrogen-bond donors (Lipinski definition) is 2. The Kier molecular flexibility index (Phi) is 6.89. The summed E-state index contributed by atoms with van der Waals surface area (Å²) in [5.41, 5.74) is 1.41.